The van der Waals surface area contributed by atoms with Gasteiger partial charge in [-0.3, -0.25) is 23.5 Å². The molecular formula is C40H28ClF8N9O3S. The highest BCUT2D eigenvalue weighted by Gasteiger charge is 2.67. The molecule has 0 saturated heterocycles. The number of nitrogens with zero attached hydrogens (tertiary/aromatic N) is 7. The Bertz CT molecular complexity index is 3030. The molecular weight excluding hydrogens is 874 g/mol. The van der Waals surface area contributed by atoms with E-state index in [-0.39, 0.29) is 56.5 Å². The number of aromatic nitrogens is 7. The number of hydrogen-bond donors (Lipinski definition) is 2. The zero-order chi connectivity index (χ0) is 43.9. The summed E-state index contributed by atoms with van der Waals surface area (Å²) in [5, 5.41) is 11.3. The Morgan fingerprint density at radius 1 is 1.00 bits per heavy atom. The van der Waals surface area contributed by atoms with E-state index in [0.717, 1.165) is 28.8 Å². The number of benzene rings is 3. The average Bonchev–Trinajstić information content (AvgIpc) is 3.74. The summed E-state index contributed by atoms with van der Waals surface area (Å²) < 4.78 is 129. The van der Waals surface area contributed by atoms with E-state index in [1.165, 1.54) is 40.9 Å². The number of halogens is 9. The number of alkyl halides is 4. The summed E-state index contributed by atoms with van der Waals surface area (Å²) in [6.07, 6.45) is -2.00. The predicted octanol–water partition coefficient (Wildman–Crippen LogP) is 8.80. The van der Waals surface area contributed by atoms with E-state index in [2.05, 4.69) is 30.2 Å². The van der Waals surface area contributed by atoms with Gasteiger partial charge in [-0.15, -0.1) is 0 Å². The summed E-state index contributed by atoms with van der Waals surface area (Å²) in [4.78, 5) is 37.9. The molecule has 3 atom stereocenters. The van der Waals surface area contributed by atoms with Gasteiger partial charge in [0.05, 0.1) is 33.0 Å². The lowest BCUT2D eigenvalue weighted by atomic mass is 10.0. The predicted molar refractivity (Wildman–Crippen MR) is 211 cm³/mol. The molecule has 0 aliphatic heterocycles. The zero-order valence-electron chi connectivity index (χ0n) is 31.9. The van der Waals surface area contributed by atoms with E-state index < -0.39 is 95.1 Å². The first kappa shape index (κ1) is 41.1. The van der Waals surface area contributed by atoms with Crippen LogP contribution in [-0.2, 0) is 30.7 Å². The lowest BCUT2D eigenvalue weighted by molar-refractivity contribution is -0.123. The van der Waals surface area contributed by atoms with Gasteiger partial charge in [0.25, 0.3) is 17.9 Å². The average molecular weight is 902 g/mol. The molecule has 2 aliphatic carbocycles. The smallest absolute Gasteiger partial charge is 0.293 e. The topological polar surface area (TPSA) is 134 Å². The van der Waals surface area contributed by atoms with Gasteiger partial charge < -0.3 is 14.8 Å². The standard InChI is InChI=1S/C40H28ClF8N9O3S/c1-56-33-26(6-5-23(41)31(33)37(54-56)55-62-2)58-38(52-36-20(39(58)60)4-8-29(51-36)61-27-7-3-17(42)13-24(27)45)25(11-16-9-18(43)12-19(44)10-16)50-28(59)15-57-34-30(32(53-57)35(46)47)21-14-22(21)40(34,48)49/h3-10,12-13,21-22,25,35H,11,14-15H2,1-2H3,(H,50,59)(H,54,55). The van der Waals surface area contributed by atoms with E-state index in [4.69, 9.17) is 16.3 Å². The number of pyridine rings is 1. The number of amides is 1. The van der Waals surface area contributed by atoms with E-state index in [1.807, 2.05) is 0 Å². The Hall–Kier alpha value is -6.22. The summed E-state index contributed by atoms with van der Waals surface area (Å²) >= 11 is 7.88. The minimum atomic E-state index is -3.56. The largest absolute Gasteiger partial charge is 0.436 e. The summed E-state index contributed by atoms with van der Waals surface area (Å²) in [5.41, 5.74) is -2.84. The van der Waals surface area contributed by atoms with Crippen molar-refractivity contribution in [2.45, 2.75) is 43.7 Å². The minimum absolute atomic E-state index is 0.0157. The van der Waals surface area contributed by atoms with Gasteiger partial charge in [0.2, 0.25) is 11.8 Å². The van der Waals surface area contributed by atoms with Crippen LogP contribution >= 0.6 is 23.5 Å². The van der Waals surface area contributed by atoms with Gasteiger partial charge >= 0.3 is 0 Å². The van der Waals surface area contributed by atoms with Crippen molar-refractivity contribution in [3.8, 4) is 17.3 Å². The lowest BCUT2D eigenvalue weighted by Crippen LogP contribution is -2.38. The maximum absolute atomic E-state index is 15.5. The molecule has 0 radical (unpaired) electrons. The third-order valence-electron chi connectivity index (χ3n) is 10.7. The first-order valence-corrected chi connectivity index (χ1v) is 20.2. The van der Waals surface area contributed by atoms with Gasteiger partial charge in [0, 0.05) is 49.4 Å². The molecule has 4 heterocycles. The van der Waals surface area contributed by atoms with Crippen molar-refractivity contribution in [1.82, 2.24) is 39.4 Å². The molecule has 1 fully saturated rings. The fourth-order valence-corrected chi connectivity index (χ4v) is 8.67. The van der Waals surface area contributed by atoms with Crippen molar-refractivity contribution in [1.29, 1.82) is 0 Å². The molecule has 7 aromatic rings. The Balaban J connectivity index is 1.23. The number of ether oxygens (including phenoxy) is 1. The van der Waals surface area contributed by atoms with Crippen molar-refractivity contribution in [2.75, 3.05) is 11.0 Å². The Kier molecular flexibility index (Phi) is 10.2. The van der Waals surface area contributed by atoms with Crippen LogP contribution in [0, 0.1) is 29.2 Å². The second-order valence-electron chi connectivity index (χ2n) is 14.7. The molecule has 320 valence electrons. The van der Waals surface area contributed by atoms with Crippen molar-refractivity contribution in [3.05, 3.63) is 128 Å². The number of nitrogens with one attached hydrogen (secondary N) is 2. The van der Waals surface area contributed by atoms with Crippen LogP contribution in [0.5, 0.6) is 11.6 Å². The normalized spacial score (nSPS) is 16.8. The Labute approximate surface area is 353 Å². The fraction of sp³-hybridized carbons (Fsp3) is 0.250. The van der Waals surface area contributed by atoms with Crippen LogP contribution in [0.1, 0.15) is 53.1 Å². The molecule has 3 unspecified atom stereocenters. The number of aryl methyl sites for hydroxylation is 1. The molecule has 12 nitrogen and oxygen atoms in total. The highest BCUT2D eigenvalue weighted by Crippen LogP contribution is 2.68. The molecule has 2 aliphatic rings. The fourth-order valence-electron chi connectivity index (χ4n) is 8.09. The third kappa shape index (κ3) is 7.05. The van der Waals surface area contributed by atoms with Crippen molar-refractivity contribution in [2.24, 2.45) is 13.0 Å². The van der Waals surface area contributed by atoms with E-state index in [0.29, 0.717) is 28.0 Å². The highest BCUT2D eigenvalue weighted by atomic mass is 35.5. The molecule has 0 spiro atoms. The van der Waals surface area contributed by atoms with Crippen LogP contribution in [-0.4, -0.2) is 46.3 Å². The third-order valence-corrected chi connectivity index (χ3v) is 11.4. The molecule has 62 heavy (non-hydrogen) atoms. The number of carbonyl (C=O) groups excluding carboxylic acids is 1. The molecule has 22 heteroatoms. The van der Waals surface area contributed by atoms with Crippen molar-refractivity contribution < 1.29 is 44.7 Å². The Morgan fingerprint density at radius 3 is 2.47 bits per heavy atom. The van der Waals surface area contributed by atoms with Crippen LogP contribution in [0.3, 0.4) is 0 Å². The molecule has 0 bridgehead atoms. The summed E-state index contributed by atoms with van der Waals surface area (Å²) in [7, 11) is 1.57. The number of fused-ring (bicyclic) bond motifs is 5. The first-order chi connectivity index (χ1) is 29.5. The first-order valence-electron chi connectivity index (χ1n) is 18.6. The van der Waals surface area contributed by atoms with Gasteiger partial charge in [-0.2, -0.15) is 24.0 Å². The van der Waals surface area contributed by atoms with E-state index in [9.17, 15) is 35.9 Å². The lowest BCUT2D eigenvalue weighted by Gasteiger charge is -2.24. The van der Waals surface area contributed by atoms with Gasteiger partial charge in [-0.1, -0.05) is 23.5 Å². The maximum atomic E-state index is 15.5. The molecule has 1 amide bonds. The Morgan fingerprint density at radius 2 is 1.76 bits per heavy atom. The second kappa shape index (κ2) is 15.3. The molecule has 9 rings (SSSR count). The van der Waals surface area contributed by atoms with E-state index in [1.54, 1.807) is 13.3 Å². The monoisotopic (exact) mass is 901 g/mol. The SMILES string of the molecule is CSNc1nn(C)c2c(-n3c(C(Cc4cc(F)cc(F)c4)NC(=O)Cn4nc(C(F)F)c5c4C(F)(F)C4CC54)nc4nc(Oc5ccc(F)cc5F)ccc4c3=O)ccc(Cl)c12. The number of carbonyl (C=O) groups is 1. The highest BCUT2D eigenvalue weighted by molar-refractivity contribution is 7.99. The number of anilines is 1. The van der Waals surface area contributed by atoms with Crippen LogP contribution in [0.2, 0.25) is 5.02 Å². The van der Waals surface area contributed by atoms with E-state index >= 15 is 8.78 Å². The van der Waals surface area contributed by atoms with Crippen LogP contribution in [0.15, 0.2) is 65.5 Å². The van der Waals surface area contributed by atoms with Crippen LogP contribution in [0.25, 0.3) is 27.6 Å². The summed E-state index contributed by atoms with van der Waals surface area (Å²) in [5.74, 6) is -11.4. The molecule has 3 aromatic carbocycles. The minimum Gasteiger partial charge on any atom is -0.436 e. The van der Waals surface area contributed by atoms with Gasteiger partial charge in [-0.25, -0.2) is 31.3 Å². The molecule has 1 saturated carbocycles. The van der Waals surface area contributed by atoms with Gasteiger partial charge in [0.15, 0.2) is 23.0 Å². The van der Waals surface area contributed by atoms with Crippen LogP contribution in [0.4, 0.5) is 40.9 Å². The molecule has 2 N–H and O–H groups in total. The van der Waals surface area contributed by atoms with Gasteiger partial charge in [-0.05, 0) is 60.4 Å². The number of rotatable bonds is 12. The van der Waals surface area contributed by atoms with Crippen LogP contribution < -0.4 is 20.3 Å². The quantitative estimate of drug-likeness (QED) is 0.0912. The summed E-state index contributed by atoms with van der Waals surface area (Å²) in [6, 6.07) is 8.90. The maximum Gasteiger partial charge on any atom is 0.293 e. The molecule has 4 aromatic heterocycles. The summed E-state index contributed by atoms with van der Waals surface area (Å²) in [6.45, 7) is -1.01. The number of hydrogen-bond acceptors (Lipinski definition) is 9. The van der Waals surface area contributed by atoms with Gasteiger partial charge in [0.1, 0.15) is 41.2 Å². The van der Waals surface area contributed by atoms with Crippen molar-refractivity contribution in [3.63, 3.8) is 0 Å². The zero-order valence-corrected chi connectivity index (χ0v) is 33.4. The van der Waals surface area contributed by atoms with Crippen molar-refractivity contribution >= 4 is 57.2 Å². The second-order valence-corrected chi connectivity index (χ2v) is 15.7.